The summed E-state index contributed by atoms with van der Waals surface area (Å²) >= 11 is 0. The van der Waals surface area contributed by atoms with Crippen LogP contribution in [0.1, 0.15) is 57.8 Å². The van der Waals surface area contributed by atoms with Crippen molar-refractivity contribution in [2.75, 3.05) is 26.2 Å². The van der Waals surface area contributed by atoms with Crippen LogP contribution in [-0.2, 0) is 0 Å². The first-order valence-electron chi connectivity index (χ1n) is 7.18. The summed E-state index contributed by atoms with van der Waals surface area (Å²) in [5.41, 5.74) is 0.717. The van der Waals surface area contributed by atoms with Crippen molar-refractivity contribution in [1.82, 2.24) is 4.90 Å². The maximum absolute atomic E-state index is 8.74. The lowest BCUT2D eigenvalue weighted by Gasteiger charge is -2.33. The van der Waals surface area contributed by atoms with Crippen LogP contribution in [0, 0.1) is 5.41 Å². The van der Waals surface area contributed by atoms with Gasteiger partial charge in [-0.25, -0.2) is 0 Å². The largest absolute Gasteiger partial charge is 0.396 e. The molecule has 2 fully saturated rings. The summed E-state index contributed by atoms with van der Waals surface area (Å²) in [7, 11) is 0. The molecule has 0 atom stereocenters. The molecule has 1 aliphatic heterocycles. The molecule has 0 aromatic carbocycles. The quantitative estimate of drug-likeness (QED) is 0.727. The topological polar surface area (TPSA) is 23.5 Å². The van der Waals surface area contributed by atoms with Crippen LogP contribution in [0.3, 0.4) is 0 Å². The predicted molar refractivity (Wildman–Crippen MR) is 67.5 cm³/mol. The van der Waals surface area contributed by atoms with E-state index in [2.05, 4.69) is 4.90 Å². The fraction of sp³-hybridized carbons (Fsp3) is 1.00. The Morgan fingerprint density at radius 2 is 1.75 bits per heavy atom. The van der Waals surface area contributed by atoms with Crippen molar-refractivity contribution in [3.63, 3.8) is 0 Å². The van der Waals surface area contributed by atoms with Crippen LogP contribution in [0.4, 0.5) is 0 Å². The third-order valence-electron chi connectivity index (χ3n) is 4.56. The normalized spacial score (nSPS) is 25.3. The number of likely N-dealkylation sites (tertiary alicyclic amines) is 1. The molecule has 0 aromatic heterocycles. The number of rotatable bonds is 5. The van der Waals surface area contributed by atoms with Gasteiger partial charge in [0.15, 0.2) is 0 Å². The highest BCUT2D eigenvalue weighted by molar-refractivity contribution is 4.91. The van der Waals surface area contributed by atoms with Gasteiger partial charge < -0.3 is 10.0 Å². The second-order valence-corrected chi connectivity index (χ2v) is 5.87. The number of hydrogen-bond acceptors (Lipinski definition) is 2. The van der Waals surface area contributed by atoms with Crippen LogP contribution < -0.4 is 0 Å². The van der Waals surface area contributed by atoms with Gasteiger partial charge in [0.2, 0.25) is 0 Å². The Bertz CT molecular complexity index is 199. The average Bonchev–Trinajstić information content (AvgIpc) is 2.69. The van der Waals surface area contributed by atoms with Gasteiger partial charge in [-0.1, -0.05) is 19.3 Å². The molecule has 1 spiro atoms. The van der Waals surface area contributed by atoms with Gasteiger partial charge >= 0.3 is 0 Å². The number of hydrogen-bond donors (Lipinski definition) is 1. The molecule has 1 heterocycles. The highest BCUT2D eigenvalue weighted by atomic mass is 16.2. The zero-order valence-corrected chi connectivity index (χ0v) is 10.6. The molecule has 0 bridgehead atoms. The Hall–Kier alpha value is -0.0800. The zero-order valence-electron chi connectivity index (χ0n) is 10.6. The van der Waals surface area contributed by atoms with E-state index in [4.69, 9.17) is 5.11 Å². The smallest absolute Gasteiger partial charge is 0.0431 e. The number of nitrogens with zero attached hydrogens (tertiary/aromatic N) is 1. The summed E-state index contributed by atoms with van der Waals surface area (Å²) in [6, 6.07) is 0. The lowest BCUT2D eigenvalue weighted by atomic mass is 9.73. The lowest BCUT2D eigenvalue weighted by Crippen LogP contribution is -2.29. The van der Waals surface area contributed by atoms with Gasteiger partial charge in [0.05, 0.1) is 0 Å². The molecule has 1 aliphatic carbocycles. The highest BCUT2D eigenvalue weighted by Crippen LogP contribution is 2.43. The van der Waals surface area contributed by atoms with E-state index in [1.807, 2.05) is 0 Å². The molecule has 0 unspecified atom stereocenters. The van der Waals surface area contributed by atoms with Crippen LogP contribution in [0.15, 0.2) is 0 Å². The Labute approximate surface area is 100 Å². The van der Waals surface area contributed by atoms with E-state index in [0.717, 1.165) is 11.8 Å². The van der Waals surface area contributed by atoms with Crippen LogP contribution in [-0.4, -0.2) is 36.2 Å². The van der Waals surface area contributed by atoms with E-state index in [1.54, 1.807) is 0 Å². The maximum atomic E-state index is 8.74. The maximum Gasteiger partial charge on any atom is 0.0431 e. The molecule has 2 rings (SSSR count). The highest BCUT2D eigenvalue weighted by Gasteiger charge is 2.38. The Balaban J connectivity index is 1.66. The summed E-state index contributed by atoms with van der Waals surface area (Å²) < 4.78 is 0. The molecule has 1 N–H and O–H groups in total. The second kappa shape index (κ2) is 6.02. The van der Waals surface area contributed by atoms with E-state index < -0.39 is 0 Å². The summed E-state index contributed by atoms with van der Waals surface area (Å²) in [6.45, 7) is 4.33. The van der Waals surface area contributed by atoms with Crippen LogP contribution in [0.5, 0.6) is 0 Å². The molecule has 0 radical (unpaired) electrons. The standard InChI is InChI=1S/C14H27NO/c16-12-6-2-5-10-15-11-9-14(13-15)7-3-1-4-8-14/h16H,1-13H2. The van der Waals surface area contributed by atoms with Crippen molar-refractivity contribution in [2.45, 2.75) is 57.8 Å². The van der Waals surface area contributed by atoms with Gasteiger partial charge in [0.25, 0.3) is 0 Å². The van der Waals surface area contributed by atoms with Gasteiger partial charge in [-0.2, -0.15) is 0 Å². The fourth-order valence-corrected chi connectivity index (χ4v) is 3.55. The molecule has 16 heavy (non-hydrogen) atoms. The first-order valence-corrected chi connectivity index (χ1v) is 7.18. The van der Waals surface area contributed by atoms with Crippen molar-refractivity contribution >= 4 is 0 Å². The number of unbranched alkanes of at least 4 members (excludes halogenated alkanes) is 2. The Morgan fingerprint density at radius 1 is 0.938 bits per heavy atom. The zero-order chi connectivity index (χ0) is 11.3. The lowest BCUT2D eigenvalue weighted by molar-refractivity contribution is 0.184. The second-order valence-electron chi connectivity index (χ2n) is 5.87. The minimum atomic E-state index is 0.365. The molecule has 1 saturated heterocycles. The van der Waals surface area contributed by atoms with Gasteiger partial charge in [-0.15, -0.1) is 0 Å². The molecule has 2 aliphatic rings. The first kappa shape index (κ1) is 12.4. The first-order chi connectivity index (χ1) is 7.85. The average molecular weight is 225 g/mol. The minimum absolute atomic E-state index is 0.365. The van der Waals surface area contributed by atoms with Gasteiger partial charge in [0.1, 0.15) is 0 Å². The monoisotopic (exact) mass is 225 g/mol. The third kappa shape index (κ3) is 3.21. The predicted octanol–water partition coefficient (Wildman–Crippen LogP) is 2.81. The number of aliphatic hydroxyl groups is 1. The molecular weight excluding hydrogens is 198 g/mol. The summed E-state index contributed by atoms with van der Waals surface area (Å²) in [5, 5.41) is 8.74. The van der Waals surface area contributed by atoms with Gasteiger partial charge in [-0.05, 0) is 57.0 Å². The Kier molecular flexibility index (Phi) is 4.66. The molecule has 0 aromatic rings. The van der Waals surface area contributed by atoms with Crippen molar-refractivity contribution in [3.8, 4) is 0 Å². The summed E-state index contributed by atoms with van der Waals surface area (Å²) in [6.07, 6.45) is 12.3. The van der Waals surface area contributed by atoms with Crippen molar-refractivity contribution in [3.05, 3.63) is 0 Å². The van der Waals surface area contributed by atoms with Crippen LogP contribution >= 0.6 is 0 Å². The molecule has 0 amide bonds. The Morgan fingerprint density at radius 3 is 2.50 bits per heavy atom. The summed E-state index contributed by atoms with van der Waals surface area (Å²) in [5.74, 6) is 0. The van der Waals surface area contributed by atoms with Gasteiger partial charge in [0, 0.05) is 13.2 Å². The molecular formula is C14H27NO. The number of aliphatic hydroxyl groups excluding tert-OH is 1. The summed E-state index contributed by atoms with van der Waals surface area (Å²) in [4.78, 5) is 2.67. The molecule has 1 saturated carbocycles. The van der Waals surface area contributed by atoms with Gasteiger partial charge in [-0.3, -0.25) is 0 Å². The fourth-order valence-electron chi connectivity index (χ4n) is 3.55. The van der Waals surface area contributed by atoms with E-state index in [9.17, 15) is 0 Å². The van der Waals surface area contributed by atoms with Crippen LogP contribution in [0.2, 0.25) is 0 Å². The van der Waals surface area contributed by atoms with Crippen molar-refractivity contribution < 1.29 is 5.11 Å². The van der Waals surface area contributed by atoms with E-state index in [-0.39, 0.29) is 0 Å². The van der Waals surface area contributed by atoms with E-state index in [1.165, 1.54) is 71.0 Å². The van der Waals surface area contributed by atoms with Crippen molar-refractivity contribution in [2.24, 2.45) is 5.41 Å². The molecule has 2 nitrogen and oxygen atoms in total. The van der Waals surface area contributed by atoms with Crippen molar-refractivity contribution in [1.29, 1.82) is 0 Å². The van der Waals surface area contributed by atoms with E-state index >= 15 is 0 Å². The third-order valence-corrected chi connectivity index (χ3v) is 4.56. The van der Waals surface area contributed by atoms with Crippen LogP contribution in [0.25, 0.3) is 0 Å². The van der Waals surface area contributed by atoms with E-state index in [0.29, 0.717) is 6.61 Å². The minimum Gasteiger partial charge on any atom is -0.396 e. The molecule has 2 heteroatoms. The SMILES string of the molecule is OCCCCCN1CCC2(CCCCC2)C1. The molecule has 94 valence electrons.